The molecule has 160 valence electrons. The van der Waals surface area contributed by atoms with Gasteiger partial charge < -0.3 is 34.5 Å². The lowest BCUT2D eigenvalue weighted by atomic mass is 9.98. The molecule has 5 atom stereocenters. The van der Waals surface area contributed by atoms with Gasteiger partial charge in [-0.15, -0.1) is 0 Å². The smallest absolute Gasteiger partial charge is 0.163 e. The van der Waals surface area contributed by atoms with E-state index in [-0.39, 0.29) is 0 Å². The fourth-order valence-electron chi connectivity index (χ4n) is 3.97. The van der Waals surface area contributed by atoms with Gasteiger partial charge in [0.1, 0.15) is 36.0 Å². The molecule has 0 unspecified atom stereocenters. The molecule has 1 aliphatic heterocycles. The van der Waals surface area contributed by atoms with Gasteiger partial charge in [0, 0.05) is 11.6 Å². The Hall–Kier alpha value is -2.49. The Morgan fingerprint density at radius 1 is 1.03 bits per heavy atom. The first-order valence-electron chi connectivity index (χ1n) is 9.66. The lowest BCUT2D eigenvalue weighted by Crippen LogP contribution is -2.56. The number of hydrogen-bond acceptors (Lipinski definition) is 6. The molecule has 0 radical (unpaired) electrons. The minimum absolute atomic E-state index is 0.380. The van der Waals surface area contributed by atoms with Crippen LogP contribution in [0.25, 0.3) is 10.9 Å². The second kappa shape index (κ2) is 8.33. The van der Waals surface area contributed by atoms with Gasteiger partial charge in [0.25, 0.3) is 0 Å². The minimum atomic E-state index is -1.52. The zero-order chi connectivity index (χ0) is 21.4. The third-order valence-corrected chi connectivity index (χ3v) is 5.58. The zero-order valence-corrected chi connectivity index (χ0v) is 16.4. The first-order chi connectivity index (χ1) is 14.4. The molecule has 1 aromatic heterocycles. The highest BCUT2D eigenvalue weighted by atomic mass is 19.1. The average Bonchev–Trinajstić information content (AvgIpc) is 3.12. The number of rotatable bonds is 5. The molecule has 30 heavy (non-hydrogen) atoms. The average molecular weight is 417 g/mol. The number of aromatic nitrogens is 1. The molecular formula is C22H24FNO6. The third kappa shape index (κ3) is 3.57. The fourth-order valence-corrected chi connectivity index (χ4v) is 3.97. The normalized spacial score (nSPS) is 26.8. The van der Waals surface area contributed by atoms with Gasteiger partial charge in [-0.25, -0.2) is 4.39 Å². The largest absolute Gasteiger partial charge is 0.497 e. The molecule has 8 heteroatoms. The molecule has 0 bridgehead atoms. The minimum Gasteiger partial charge on any atom is -0.497 e. The molecule has 0 amide bonds. The highest BCUT2D eigenvalue weighted by Crippen LogP contribution is 2.35. The second-order valence-electron chi connectivity index (χ2n) is 7.44. The first-order valence-corrected chi connectivity index (χ1v) is 9.66. The van der Waals surface area contributed by atoms with Gasteiger partial charge in [-0.2, -0.15) is 0 Å². The number of halogens is 1. The maximum atomic E-state index is 14.8. The fraction of sp³-hybridized carbons (Fsp3) is 0.364. The van der Waals surface area contributed by atoms with Gasteiger partial charge in [0.15, 0.2) is 6.23 Å². The highest BCUT2D eigenvalue weighted by molar-refractivity contribution is 5.85. The summed E-state index contributed by atoms with van der Waals surface area (Å²) in [6, 6.07) is 12.0. The number of nitrogens with zero attached hydrogens (tertiary/aromatic N) is 1. The maximum Gasteiger partial charge on any atom is 0.163 e. The number of aliphatic hydroxyl groups excluding tert-OH is 4. The van der Waals surface area contributed by atoms with Crippen molar-refractivity contribution in [1.29, 1.82) is 0 Å². The van der Waals surface area contributed by atoms with Crippen LogP contribution in [0.3, 0.4) is 0 Å². The van der Waals surface area contributed by atoms with Crippen LogP contribution in [0.2, 0.25) is 0 Å². The van der Waals surface area contributed by atoms with Crippen LogP contribution in [0.1, 0.15) is 17.4 Å². The number of fused-ring (bicyclic) bond motifs is 1. The van der Waals surface area contributed by atoms with Crippen LogP contribution in [-0.2, 0) is 11.2 Å². The topological polar surface area (TPSA) is 104 Å². The van der Waals surface area contributed by atoms with Crippen molar-refractivity contribution in [1.82, 2.24) is 4.57 Å². The van der Waals surface area contributed by atoms with E-state index in [1.54, 1.807) is 30.0 Å². The van der Waals surface area contributed by atoms with Crippen molar-refractivity contribution in [2.75, 3.05) is 13.7 Å². The van der Waals surface area contributed by atoms with E-state index in [9.17, 15) is 24.8 Å². The van der Waals surface area contributed by atoms with Gasteiger partial charge in [-0.05, 0) is 41.8 Å². The molecule has 1 fully saturated rings. The predicted octanol–water partition coefficient (Wildman–Crippen LogP) is 1.35. The standard InChI is InChI=1S/C22H24FNO6/c1-29-14-7-5-12(6-8-14)9-13-10-24(16-4-2-3-15(23)18(13)16)22-21(28)20(27)19(26)17(11-25)30-22/h2-8,10,17,19-22,25-28H,9,11H2,1H3/t17-,19-,20+,21-,22-/m1/s1. The third-order valence-electron chi connectivity index (χ3n) is 5.58. The molecule has 0 aliphatic carbocycles. The number of aliphatic hydroxyl groups is 4. The van der Waals surface area contributed by atoms with Gasteiger partial charge in [0.05, 0.1) is 19.2 Å². The Kier molecular flexibility index (Phi) is 5.77. The zero-order valence-electron chi connectivity index (χ0n) is 16.4. The number of ether oxygens (including phenoxy) is 2. The van der Waals surface area contributed by atoms with Crippen LogP contribution in [-0.4, -0.2) is 63.1 Å². The van der Waals surface area contributed by atoms with Crippen LogP contribution in [0, 0.1) is 5.82 Å². The first kappa shape index (κ1) is 20.8. The highest BCUT2D eigenvalue weighted by Gasteiger charge is 2.44. The Bertz CT molecular complexity index is 1020. The molecule has 7 nitrogen and oxygen atoms in total. The molecule has 2 aromatic carbocycles. The van der Waals surface area contributed by atoms with E-state index in [0.29, 0.717) is 28.6 Å². The summed E-state index contributed by atoms with van der Waals surface area (Å²) >= 11 is 0. The van der Waals surface area contributed by atoms with Crippen LogP contribution in [0.4, 0.5) is 4.39 Å². The van der Waals surface area contributed by atoms with E-state index in [4.69, 9.17) is 9.47 Å². The summed E-state index contributed by atoms with van der Waals surface area (Å²) in [5, 5.41) is 40.6. The number of methoxy groups -OCH3 is 1. The summed E-state index contributed by atoms with van der Waals surface area (Å²) in [5.74, 6) is 0.299. The number of benzene rings is 2. The Morgan fingerprint density at radius 2 is 1.77 bits per heavy atom. The molecule has 0 spiro atoms. The Balaban J connectivity index is 1.76. The SMILES string of the molecule is COc1ccc(Cc2cn([C@@H]3O[C@H](CO)[C@@H](O)[C@H](O)[C@H]3O)c3cccc(F)c23)cc1. The lowest BCUT2D eigenvalue weighted by Gasteiger charge is -2.40. The van der Waals surface area contributed by atoms with Crippen molar-refractivity contribution in [3.8, 4) is 5.75 Å². The van der Waals surface area contributed by atoms with Crippen LogP contribution in [0.5, 0.6) is 5.75 Å². The molecule has 4 rings (SSSR count). The quantitative estimate of drug-likeness (QED) is 0.500. The molecule has 2 heterocycles. The van der Waals surface area contributed by atoms with Crippen molar-refractivity contribution in [3.05, 3.63) is 65.6 Å². The van der Waals surface area contributed by atoms with E-state index in [0.717, 1.165) is 5.56 Å². The van der Waals surface area contributed by atoms with Gasteiger partial charge >= 0.3 is 0 Å². The van der Waals surface area contributed by atoms with Gasteiger partial charge in [-0.1, -0.05) is 18.2 Å². The van der Waals surface area contributed by atoms with Gasteiger partial charge in [-0.3, -0.25) is 0 Å². The van der Waals surface area contributed by atoms with E-state index in [2.05, 4.69) is 0 Å². The van der Waals surface area contributed by atoms with Crippen LogP contribution >= 0.6 is 0 Å². The van der Waals surface area contributed by atoms with E-state index in [1.807, 2.05) is 24.3 Å². The molecule has 1 aliphatic rings. The molecule has 0 saturated carbocycles. The van der Waals surface area contributed by atoms with Crippen molar-refractivity contribution >= 4 is 10.9 Å². The lowest BCUT2D eigenvalue weighted by molar-refractivity contribution is -0.250. The summed E-state index contributed by atoms with van der Waals surface area (Å²) in [7, 11) is 1.58. The predicted molar refractivity (Wildman–Crippen MR) is 107 cm³/mol. The summed E-state index contributed by atoms with van der Waals surface area (Å²) in [5.41, 5.74) is 2.08. The second-order valence-corrected chi connectivity index (χ2v) is 7.44. The van der Waals surface area contributed by atoms with Crippen molar-refractivity contribution < 1.29 is 34.3 Å². The number of hydrogen-bond donors (Lipinski definition) is 4. The monoisotopic (exact) mass is 417 g/mol. The van der Waals surface area contributed by atoms with E-state index in [1.165, 1.54) is 6.07 Å². The van der Waals surface area contributed by atoms with E-state index < -0.39 is 43.1 Å². The van der Waals surface area contributed by atoms with Crippen molar-refractivity contribution in [2.45, 2.75) is 37.1 Å². The van der Waals surface area contributed by atoms with E-state index >= 15 is 0 Å². The van der Waals surface area contributed by atoms with Crippen molar-refractivity contribution in [2.24, 2.45) is 0 Å². The summed E-state index contributed by atoms with van der Waals surface area (Å²) in [6.45, 7) is -0.534. The molecule has 4 N–H and O–H groups in total. The molecular weight excluding hydrogens is 393 g/mol. The van der Waals surface area contributed by atoms with Crippen LogP contribution < -0.4 is 4.74 Å². The summed E-state index contributed by atoms with van der Waals surface area (Å²) in [6.07, 6.45) is -4.50. The maximum absolute atomic E-state index is 14.8. The van der Waals surface area contributed by atoms with Gasteiger partial charge in [0.2, 0.25) is 0 Å². The Morgan fingerprint density at radius 3 is 2.43 bits per heavy atom. The summed E-state index contributed by atoms with van der Waals surface area (Å²) in [4.78, 5) is 0. The Labute approximate surface area is 172 Å². The summed E-state index contributed by atoms with van der Waals surface area (Å²) < 4.78 is 27.1. The van der Waals surface area contributed by atoms with Crippen molar-refractivity contribution in [3.63, 3.8) is 0 Å². The molecule has 1 saturated heterocycles. The van der Waals surface area contributed by atoms with Crippen LogP contribution in [0.15, 0.2) is 48.7 Å². The molecule has 3 aromatic rings.